The molecule has 1 N–H and O–H groups in total. The number of esters is 1. The van der Waals surface area contributed by atoms with Gasteiger partial charge in [0.15, 0.2) is 0 Å². The Bertz CT molecular complexity index is 1470. The number of aliphatic hydroxyl groups is 1. The van der Waals surface area contributed by atoms with Gasteiger partial charge >= 0.3 is 5.97 Å². The standard InChI is InChI=1S/C28H26BrN3O5S/c1-2-37-28(35)25-26(34)23(38-27(25)30-20-6-4-3-5-7-20)14-18-16-32(22-9-8-19(29)15-21(18)22)17-24(33)31-10-12-36-13-11-31/h3-9,14-16,34H,2,10-13,17H2,1H3/b23-14-,30-27?. The Morgan fingerprint density at radius 3 is 2.68 bits per heavy atom. The monoisotopic (exact) mass is 595 g/mol. The van der Waals surface area contributed by atoms with Crippen LogP contribution < -0.4 is 0 Å². The van der Waals surface area contributed by atoms with E-state index in [-0.39, 0.29) is 30.4 Å². The van der Waals surface area contributed by atoms with E-state index in [0.717, 1.165) is 20.9 Å². The van der Waals surface area contributed by atoms with Gasteiger partial charge in [-0.25, -0.2) is 9.79 Å². The van der Waals surface area contributed by atoms with Gasteiger partial charge in [-0.3, -0.25) is 4.79 Å². The third kappa shape index (κ3) is 5.57. The molecule has 38 heavy (non-hydrogen) atoms. The van der Waals surface area contributed by atoms with Crippen molar-refractivity contribution in [3.63, 3.8) is 0 Å². The molecule has 3 aromatic rings. The number of para-hydroxylation sites is 1. The minimum Gasteiger partial charge on any atom is -0.506 e. The molecule has 1 saturated heterocycles. The zero-order valence-corrected chi connectivity index (χ0v) is 23.1. The first-order valence-electron chi connectivity index (χ1n) is 12.2. The number of carbonyl (C=O) groups is 2. The van der Waals surface area contributed by atoms with Crippen LogP contribution in [0.4, 0.5) is 5.69 Å². The van der Waals surface area contributed by atoms with Crippen molar-refractivity contribution in [1.82, 2.24) is 9.47 Å². The van der Waals surface area contributed by atoms with Gasteiger partial charge in [0, 0.05) is 40.2 Å². The van der Waals surface area contributed by atoms with Crippen LogP contribution in [0, 0.1) is 0 Å². The summed E-state index contributed by atoms with van der Waals surface area (Å²) >= 11 is 4.75. The quantitative estimate of drug-likeness (QED) is 0.381. The van der Waals surface area contributed by atoms with E-state index in [9.17, 15) is 14.7 Å². The maximum atomic E-state index is 13.0. The fraction of sp³-hybridized carbons (Fsp3) is 0.250. The van der Waals surface area contributed by atoms with Gasteiger partial charge in [0.05, 0.1) is 30.4 Å². The number of nitrogens with zero attached hydrogens (tertiary/aromatic N) is 3. The number of amides is 1. The minimum atomic E-state index is -0.628. The number of aromatic nitrogens is 1. The second kappa shape index (κ2) is 11.6. The van der Waals surface area contributed by atoms with Crippen LogP contribution in [0.15, 0.2) is 80.4 Å². The molecule has 1 fully saturated rings. The molecule has 2 aliphatic rings. The Morgan fingerprint density at radius 2 is 1.95 bits per heavy atom. The summed E-state index contributed by atoms with van der Waals surface area (Å²) in [5.74, 6) is -0.785. The van der Waals surface area contributed by atoms with Crippen molar-refractivity contribution < 1.29 is 24.2 Å². The molecule has 0 saturated carbocycles. The van der Waals surface area contributed by atoms with Crippen LogP contribution in [0.1, 0.15) is 12.5 Å². The average Bonchev–Trinajstić information content (AvgIpc) is 3.41. The first-order chi connectivity index (χ1) is 18.4. The van der Waals surface area contributed by atoms with Gasteiger partial charge in [-0.2, -0.15) is 0 Å². The molecule has 1 amide bonds. The lowest BCUT2D eigenvalue weighted by Crippen LogP contribution is -2.42. The lowest BCUT2D eigenvalue weighted by atomic mass is 10.1. The molecular formula is C28H26BrN3O5S. The van der Waals surface area contributed by atoms with Crippen molar-refractivity contribution >= 4 is 67.3 Å². The van der Waals surface area contributed by atoms with E-state index >= 15 is 0 Å². The van der Waals surface area contributed by atoms with E-state index in [2.05, 4.69) is 20.9 Å². The van der Waals surface area contributed by atoms with Crippen molar-refractivity contribution in [2.45, 2.75) is 13.5 Å². The van der Waals surface area contributed by atoms with E-state index in [1.165, 1.54) is 11.8 Å². The number of benzene rings is 2. The van der Waals surface area contributed by atoms with Crippen molar-refractivity contribution in [1.29, 1.82) is 0 Å². The highest BCUT2D eigenvalue weighted by molar-refractivity contribution is 9.10. The van der Waals surface area contributed by atoms with Crippen LogP contribution in [0.3, 0.4) is 0 Å². The molecule has 2 aromatic carbocycles. The van der Waals surface area contributed by atoms with E-state index in [1.807, 2.05) is 70.3 Å². The highest BCUT2D eigenvalue weighted by atomic mass is 79.9. The predicted octanol–water partition coefficient (Wildman–Crippen LogP) is 5.46. The summed E-state index contributed by atoms with van der Waals surface area (Å²) in [5.41, 5.74) is 2.39. The van der Waals surface area contributed by atoms with Crippen LogP contribution in [0.25, 0.3) is 17.0 Å². The zero-order valence-electron chi connectivity index (χ0n) is 20.7. The molecule has 0 aliphatic carbocycles. The number of thioether (sulfide) groups is 1. The predicted molar refractivity (Wildman–Crippen MR) is 152 cm³/mol. The maximum absolute atomic E-state index is 13.0. The molecule has 1 aromatic heterocycles. The molecule has 5 rings (SSSR count). The van der Waals surface area contributed by atoms with Crippen molar-refractivity contribution in [3.05, 3.63) is 81.0 Å². The van der Waals surface area contributed by atoms with Crippen molar-refractivity contribution in [2.75, 3.05) is 32.9 Å². The summed E-state index contributed by atoms with van der Waals surface area (Å²) in [6.45, 7) is 4.32. The molecule has 2 aliphatic heterocycles. The van der Waals surface area contributed by atoms with Gasteiger partial charge in [0.1, 0.15) is 22.9 Å². The molecule has 8 nitrogen and oxygen atoms in total. The van der Waals surface area contributed by atoms with Gasteiger partial charge in [-0.15, -0.1) is 0 Å². The van der Waals surface area contributed by atoms with Crippen molar-refractivity contribution in [3.8, 4) is 0 Å². The molecule has 3 heterocycles. The third-order valence-electron chi connectivity index (χ3n) is 6.19. The number of morpholine rings is 1. The number of ether oxygens (including phenoxy) is 2. The molecule has 0 atom stereocenters. The van der Waals surface area contributed by atoms with Crippen LogP contribution in [0.2, 0.25) is 0 Å². The summed E-state index contributed by atoms with van der Waals surface area (Å²) < 4.78 is 13.4. The summed E-state index contributed by atoms with van der Waals surface area (Å²) in [4.78, 5) is 32.6. The second-order valence-corrected chi connectivity index (χ2v) is 10.6. The van der Waals surface area contributed by atoms with Crippen molar-refractivity contribution in [2.24, 2.45) is 4.99 Å². The number of aliphatic imine (C=N–C) groups is 1. The largest absolute Gasteiger partial charge is 0.506 e. The fourth-order valence-corrected chi connectivity index (χ4v) is 5.74. The minimum absolute atomic E-state index is 0.0205. The summed E-state index contributed by atoms with van der Waals surface area (Å²) in [7, 11) is 0. The number of halogens is 1. The number of carbonyl (C=O) groups excluding carboxylic acids is 2. The maximum Gasteiger partial charge on any atom is 0.344 e. The molecule has 10 heteroatoms. The van der Waals surface area contributed by atoms with E-state index in [1.54, 1.807) is 6.92 Å². The number of hydrogen-bond donors (Lipinski definition) is 1. The molecule has 0 spiro atoms. The Kier molecular flexibility index (Phi) is 8.01. The average molecular weight is 597 g/mol. The Labute approximate surface area is 232 Å². The fourth-order valence-electron chi connectivity index (χ4n) is 4.35. The zero-order chi connectivity index (χ0) is 26.6. The number of aliphatic hydroxyl groups excluding tert-OH is 1. The van der Waals surface area contributed by atoms with Gasteiger partial charge in [0.2, 0.25) is 5.91 Å². The highest BCUT2D eigenvalue weighted by Crippen LogP contribution is 2.41. The highest BCUT2D eigenvalue weighted by Gasteiger charge is 2.33. The van der Waals surface area contributed by atoms with Gasteiger partial charge in [0.25, 0.3) is 0 Å². The van der Waals surface area contributed by atoms with Crippen LogP contribution >= 0.6 is 27.7 Å². The van der Waals surface area contributed by atoms with E-state index < -0.39 is 5.97 Å². The summed E-state index contributed by atoms with van der Waals surface area (Å²) in [6, 6.07) is 15.1. The molecule has 196 valence electrons. The SMILES string of the molecule is CCOC(=O)C1=C(O)/C(=C/c2cn(CC(=O)N3CCOCC3)c3ccc(Br)cc23)SC1=Nc1ccccc1. The third-order valence-corrected chi connectivity index (χ3v) is 7.70. The first kappa shape index (κ1) is 26.3. The molecule has 0 unspecified atom stereocenters. The Balaban J connectivity index is 1.54. The number of hydrogen-bond acceptors (Lipinski definition) is 7. The normalized spacial score (nSPS) is 18.1. The second-order valence-electron chi connectivity index (χ2n) is 8.67. The topological polar surface area (TPSA) is 93.4 Å². The number of fused-ring (bicyclic) bond motifs is 1. The lowest BCUT2D eigenvalue weighted by molar-refractivity contribution is -0.138. The van der Waals surface area contributed by atoms with Crippen LogP contribution in [-0.4, -0.2) is 64.4 Å². The van der Waals surface area contributed by atoms with Gasteiger partial charge < -0.3 is 24.0 Å². The smallest absolute Gasteiger partial charge is 0.344 e. The number of rotatable bonds is 6. The summed E-state index contributed by atoms with van der Waals surface area (Å²) in [6.07, 6.45) is 3.71. The Hall–Kier alpha value is -3.34. The lowest BCUT2D eigenvalue weighted by Gasteiger charge is -2.27. The summed E-state index contributed by atoms with van der Waals surface area (Å²) in [5, 5.41) is 12.4. The van der Waals surface area contributed by atoms with Crippen LogP contribution in [0.5, 0.6) is 0 Å². The van der Waals surface area contributed by atoms with Gasteiger partial charge in [-0.1, -0.05) is 45.9 Å². The molecule has 0 radical (unpaired) electrons. The Morgan fingerprint density at radius 1 is 1.18 bits per heavy atom. The first-order valence-corrected chi connectivity index (χ1v) is 13.8. The van der Waals surface area contributed by atoms with Gasteiger partial charge in [-0.05, 0) is 43.3 Å². The van der Waals surface area contributed by atoms with E-state index in [0.29, 0.717) is 41.9 Å². The molecular weight excluding hydrogens is 570 g/mol. The van der Waals surface area contributed by atoms with E-state index in [4.69, 9.17) is 9.47 Å². The molecule has 0 bridgehead atoms. The van der Waals surface area contributed by atoms with Crippen LogP contribution in [-0.2, 0) is 25.6 Å².